The van der Waals surface area contributed by atoms with E-state index in [0.717, 1.165) is 50.3 Å². The maximum atomic E-state index is 12.4. The van der Waals surface area contributed by atoms with Crippen molar-refractivity contribution in [2.24, 2.45) is 5.41 Å². The maximum Gasteiger partial charge on any atom is 0.134 e. The molecule has 5 aromatic carbocycles. The molecule has 1 aliphatic carbocycles. The third-order valence-electron chi connectivity index (χ3n) is 12.2. The van der Waals surface area contributed by atoms with Gasteiger partial charge in [-0.25, -0.2) is 0 Å². The summed E-state index contributed by atoms with van der Waals surface area (Å²) in [5.41, 5.74) is 13.8. The van der Waals surface area contributed by atoms with E-state index < -0.39 is 5.60 Å². The van der Waals surface area contributed by atoms with Crippen LogP contribution in [-0.4, -0.2) is 20.1 Å². The van der Waals surface area contributed by atoms with Crippen LogP contribution in [0.3, 0.4) is 0 Å². The molecule has 9 rings (SSSR count). The molecule has 0 spiro atoms. The van der Waals surface area contributed by atoms with Gasteiger partial charge in [-0.3, -0.25) is 4.98 Å². The Balaban J connectivity index is 0.000000382. The molecule has 0 bridgehead atoms. The Morgan fingerprint density at radius 1 is 0.629 bits per heavy atom. The van der Waals surface area contributed by atoms with Gasteiger partial charge in [0.1, 0.15) is 5.60 Å². The molecule has 1 saturated carbocycles. The molecule has 1 aliphatic rings. The van der Waals surface area contributed by atoms with Crippen LogP contribution in [0.2, 0.25) is 0 Å². The van der Waals surface area contributed by atoms with Gasteiger partial charge in [0.25, 0.3) is 0 Å². The third kappa shape index (κ3) is 10.4. The van der Waals surface area contributed by atoms with Crippen LogP contribution in [0, 0.1) is 31.4 Å². The zero-order valence-electron chi connectivity index (χ0n) is 36.0. The Labute approximate surface area is 381 Å². The van der Waals surface area contributed by atoms with Gasteiger partial charge < -0.3 is 15.1 Å². The summed E-state index contributed by atoms with van der Waals surface area (Å²) in [5, 5.41) is 12.4. The van der Waals surface area contributed by atoms with Gasteiger partial charge in [-0.2, -0.15) is 0 Å². The summed E-state index contributed by atoms with van der Waals surface area (Å²) in [4.78, 5) is 13.7. The Morgan fingerprint density at radius 3 is 2.00 bits per heavy atom. The summed E-state index contributed by atoms with van der Waals surface area (Å²) in [7, 11) is 0. The number of aliphatic hydroxyl groups is 1. The number of aromatic nitrogens is 3. The normalized spacial score (nSPS) is 14.4. The first-order valence-corrected chi connectivity index (χ1v) is 21.4. The molecule has 8 aromatic rings. The first kappa shape index (κ1) is 44.2. The van der Waals surface area contributed by atoms with Crippen molar-refractivity contribution < 1.29 is 25.2 Å². The molecule has 5 heteroatoms. The zero-order valence-corrected chi connectivity index (χ0v) is 38.4. The Kier molecular flexibility index (Phi) is 14.2. The van der Waals surface area contributed by atoms with Gasteiger partial charge in [-0.1, -0.05) is 111 Å². The number of benzene rings is 5. The smallest absolute Gasteiger partial charge is 0.134 e. The fraction of sp³-hybridized carbons (Fsp3) is 0.211. The molecule has 313 valence electrons. The predicted molar refractivity (Wildman–Crippen MR) is 250 cm³/mol. The Morgan fingerprint density at radius 2 is 1.32 bits per heavy atom. The first-order valence-electron chi connectivity index (χ1n) is 21.4. The number of nitrogens with zero attached hydrogens (tertiary/aromatic N) is 3. The number of rotatable bonds is 9. The fourth-order valence-corrected chi connectivity index (χ4v) is 8.57. The van der Waals surface area contributed by atoms with Gasteiger partial charge >= 0.3 is 0 Å². The van der Waals surface area contributed by atoms with E-state index >= 15 is 0 Å². The van der Waals surface area contributed by atoms with Crippen LogP contribution in [0.25, 0.3) is 44.8 Å². The summed E-state index contributed by atoms with van der Waals surface area (Å²) >= 11 is 0. The summed E-state index contributed by atoms with van der Waals surface area (Å²) < 4.78 is 0. The van der Waals surface area contributed by atoms with Gasteiger partial charge in [0.05, 0.1) is 5.69 Å². The minimum absolute atomic E-state index is 0. The van der Waals surface area contributed by atoms with Gasteiger partial charge in [0.15, 0.2) is 0 Å². The van der Waals surface area contributed by atoms with Crippen LogP contribution in [0.5, 0.6) is 0 Å². The van der Waals surface area contributed by atoms with E-state index in [9.17, 15) is 5.11 Å². The predicted octanol–water partition coefficient (Wildman–Crippen LogP) is 13.6. The van der Waals surface area contributed by atoms with Crippen molar-refractivity contribution in [2.45, 2.75) is 71.3 Å². The molecular weight excluding hydrogens is 935 g/mol. The number of hydrogen-bond acceptors (Lipinski definition) is 4. The van der Waals surface area contributed by atoms with Crippen molar-refractivity contribution in [3.05, 3.63) is 222 Å². The number of pyridine rings is 3. The quantitative estimate of drug-likeness (QED) is 0.146. The second-order valence-corrected chi connectivity index (χ2v) is 17.2. The molecule has 0 saturated heterocycles. The van der Waals surface area contributed by atoms with Crippen molar-refractivity contribution >= 4 is 0 Å². The topological polar surface area (TPSA) is 58.9 Å². The van der Waals surface area contributed by atoms with Crippen molar-refractivity contribution in [1.29, 1.82) is 0 Å². The Bertz CT molecular complexity index is 2620. The monoisotopic (exact) mass is 988 g/mol. The molecule has 0 amide bonds. The second-order valence-electron chi connectivity index (χ2n) is 17.2. The summed E-state index contributed by atoms with van der Waals surface area (Å²) in [6.07, 6.45) is 10.9. The van der Waals surface area contributed by atoms with E-state index in [1.165, 1.54) is 47.9 Å². The molecule has 4 nitrogen and oxygen atoms in total. The molecule has 1 radical (unpaired) electrons. The van der Waals surface area contributed by atoms with Gasteiger partial charge in [0.2, 0.25) is 0 Å². The van der Waals surface area contributed by atoms with Crippen LogP contribution in [0.4, 0.5) is 0 Å². The summed E-state index contributed by atoms with van der Waals surface area (Å²) in [6, 6.07) is 60.0. The zero-order chi connectivity index (χ0) is 42.2. The number of aryl methyl sites for hydroxylation is 2. The molecule has 62 heavy (non-hydrogen) atoms. The molecule has 1 atom stereocenters. The van der Waals surface area contributed by atoms with E-state index in [-0.39, 0.29) is 20.1 Å². The van der Waals surface area contributed by atoms with Crippen molar-refractivity contribution in [1.82, 2.24) is 15.0 Å². The van der Waals surface area contributed by atoms with Crippen LogP contribution in [0.1, 0.15) is 79.0 Å². The minimum atomic E-state index is -1.34. The van der Waals surface area contributed by atoms with E-state index in [1.54, 1.807) is 12.4 Å². The fourth-order valence-electron chi connectivity index (χ4n) is 8.57. The van der Waals surface area contributed by atoms with E-state index in [1.807, 2.05) is 109 Å². The van der Waals surface area contributed by atoms with E-state index in [2.05, 4.69) is 104 Å². The van der Waals surface area contributed by atoms with Crippen LogP contribution >= 0.6 is 0 Å². The minimum Gasteiger partial charge on any atom is -0.378 e. The maximum absolute atomic E-state index is 12.4. The van der Waals surface area contributed by atoms with Crippen LogP contribution in [0.15, 0.2) is 176 Å². The second kappa shape index (κ2) is 19.9. The summed E-state index contributed by atoms with van der Waals surface area (Å²) in [5.74, 6) is 0.652. The Hall–Kier alpha value is -5.84. The molecule has 3 aromatic heterocycles. The van der Waals surface area contributed by atoms with Crippen molar-refractivity contribution in [2.75, 3.05) is 0 Å². The van der Waals surface area contributed by atoms with Crippen LogP contribution in [-0.2, 0) is 32.1 Å². The largest absolute Gasteiger partial charge is 0.378 e. The SMILES string of the molecule is Cc1cc(C2CCC(C)(C)CC2)ccc1-c1cc(-c2[c-]c(CC(O)(c3ccc(-c4ccccc4)cc3)c3ccccn3)ccc2)ncc1C.[Ir].[c-]1ccccc1-c1ccccn1. The summed E-state index contributed by atoms with van der Waals surface area (Å²) in [6.45, 7) is 9.18. The number of hydrogen-bond donors (Lipinski definition) is 1. The van der Waals surface area contributed by atoms with Crippen LogP contribution < -0.4 is 0 Å². The molecular formula is C57H53IrN3O-2. The molecule has 3 heterocycles. The average Bonchev–Trinajstić information content (AvgIpc) is 3.31. The van der Waals surface area contributed by atoms with Gasteiger partial charge in [0, 0.05) is 38.7 Å². The van der Waals surface area contributed by atoms with Crippen molar-refractivity contribution in [3.63, 3.8) is 0 Å². The molecule has 1 N–H and O–H groups in total. The molecule has 1 fully saturated rings. The molecule has 1 unspecified atom stereocenters. The van der Waals surface area contributed by atoms with E-state index in [4.69, 9.17) is 4.98 Å². The average molecular weight is 988 g/mol. The third-order valence-corrected chi connectivity index (χ3v) is 12.2. The van der Waals surface area contributed by atoms with Crippen molar-refractivity contribution in [3.8, 4) is 44.8 Å². The van der Waals surface area contributed by atoms with Gasteiger partial charge in [-0.05, 0) is 131 Å². The van der Waals surface area contributed by atoms with Gasteiger partial charge in [-0.15, -0.1) is 71.3 Å². The first-order chi connectivity index (χ1) is 29.6. The van der Waals surface area contributed by atoms with E-state index in [0.29, 0.717) is 23.4 Å². The standard InChI is InChI=1S/C46H45N2O.C11H8N.Ir/c1-32-27-38(37-22-24-45(3,4)25-23-37)18-21-41(32)42-29-43(48-31-33(42)2)39-14-10-11-34(28-39)30-46(49,44-15-8-9-26-47-44)40-19-16-36(17-20-40)35-12-6-5-7-13-35;1-2-6-10(7-3-1)11-8-4-5-9-12-11;/h5-21,26-27,29,31,37,49H,22-25,30H2,1-4H3;1-6,8-9H;/q2*-1;. The molecule has 0 aliphatic heterocycles.